The average molecular weight is 389 g/mol. The molecule has 1 aromatic carbocycles. The highest BCUT2D eigenvalue weighted by molar-refractivity contribution is 5.83. The Labute approximate surface area is 167 Å². The van der Waals surface area contributed by atoms with E-state index < -0.39 is 0 Å². The van der Waals surface area contributed by atoms with Crippen molar-refractivity contribution in [2.45, 2.75) is 32.7 Å². The van der Waals surface area contributed by atoms with Crippen LogP contribution in [0.25, 0.3) is 21.9 Å². The minimum absolute atomic E-state index is 0.00837. The first kappa shape index (κ1) is 18.9. The molecule has 0 unspecified atom stereocenters. The fourth-order valence-electron chi connectivity index (χ4n) is 3.60. The van der Waals surface area contributed by atoms with Crippen LogP contribution in [-0.2, 0) is 17.8 Å². The zero-order chi connectivity index (χ0) is 20.2. The Kier molecular flexibility index (Phi) is 5.37. The van der Waals surface area contributed by atoms with E-state index in [-0.39, 0.29) is 11.5 Å². The highest BCUT2D eigenvalue weighted by atomic mass is 16.1. The number of pyridine rings is 1. The molecule has 7 nitrogen and oxygen atoms in total. The molecule has 4 rings (SSSR count). The van der Waals surface area contributed by atoms with E-state index >= 15 is 0 Å². The van der Waals surface area contributed by atoms with Crippen molar-refractivity contribution >= 4 is 27.8 Å². The van der Waals surface area contributed by atoms with Crippen LogP contribution in [0.2, 0.25) is 0 Å². The molecule has 2 N–H and O–H groups in total. The first-order valence-corrected chi connectivity index (χ1v) is 9.77. The number of nitrogens with zero attached hydrogens (tertiary/aromatic N) is 3. The summed E-state index contributed by atoms with van der Waals surface area (Å²) < 4.78 is 1.58. The van der Waals surface area contributed by atoms with Gasteiger partial charge in [0.2, 0.25) is 5.91 Å². The van der Waals surface area contributed by atoms with Gasteiger partial charge in [0.25, 0.3) is 5.56 Å². The first-order chi connectivity index (χ1) is 14.1. The fourth-order valence-corrected chi connectivity index (χ4v) is 3.60. The smallest absolute Gasteiger partial charge is 0.263 e. The van der Waals surface area contributed by atoms with Crippen LogP contribution in [0.1, 0.15) is 24.2 Å². The SMILES string of the molecule is Cc1nc2ncccc2c(=O)n1CCNC(=O)CCCc1c[nH]c2ccccc12. The summed E-state index contributed by atoms with van der Waals surface area (Å²) in [6.07, 6.45) is 5.70. The minimum Gasteiger partial charge on any atom is -0.361 e. The number of rotatable bonds is 7. The third-order valence-corrected chi connectivity index (χ3v) is 5.10. The average Bonchev–Trinajstić information content (AvgIpc) is 3.14. The number of aromatic amines is 1. The number of fused-ring (bicyclic) bond motifs is 2. The Hall–Kier alpha value is -3.48. The molecule has 3 heterocycles. The summed E-state index contributed by atoms with van der Waals surface area (Å²) >= 11 is 0. The maximum atomic E-state index is 12.6. The van der Waals surface area contributed by atoms with Gasteiger partial charge in [-0.2, -0.15) is 0 Å². The quantitative estimate of drug-likeness (QED) is 0.508. The van der Waals surface area contributed by atoms with Gasteiger partial charge in [0.05, 0.1) is 5.39 Å². The van der Waals surface area contributed by atoms with Crippen LogP contribution < -0.4 is 10.9 Å². The van der Waals surface area contributed by atoms with E-state index in [1.165, 1.54) is 10.9 Å². The van der Waals surface area contributed by atoms with Crippen molar-refractivity contribution in [1.29, 1.82) is 0 Å². The summed E-state index contributed by atoms with van der Waals surface area (Å²) in [5.74, 6) is 0.584. The summed E-state index contributed by atoms with van der Waals surface area (Å²) in [6.45, 7) is 2.55. The van der Waals surface area contributed by atoms with Gasteiger partial charge in [0.1, 0.15) is 5.82 Å². The predicted molar refractivity (Wildman–Crippen MR) is 113 cm³/mol. The Balaban J connectivity index is 1.29. The van der Waals surface area contributed by atoms with Crippen molar-refractivity contribution in [3.8, 4) is 0 Å². The summed E-state index contributed by atoms with van der Waals surface area (Å²) in [7, 11) is 0. The zero-order valence-corrected chi connectivity index (χ0v) is 16.3. The van der Waals surface area contributed by atoms with E-state index in [0.29, 0.717) is 36.4 Å². The van der Waals surface area contributed by atoms with E-state index in [1.54, 1.807) is 29.8 Å². The monoisotopic (exact) mass is 389 g/mol. The van der Waals surface area contributed by atoms with Gasteiger partial charge in [-0.3, -0.25) is 14.2 Å². The normalized spacial score (nSPS) is 11.2. The molecule has 4 aromatic rings. The van der Waals surface area contributed by atoms with Crippen LogP contribution >= 0.6 is 0 Å². The molecule has 0 radical (unpaired) electrons. The third-order valence-electron chi connectivity index (χ3n) is 5.10. The molecule has 0 spiro atoms. The van der Waals surface area contributed by atoms with E-state index in [9.17, 15) is 9.59 Å². The van der Waals surface area contributed by atoms with Crippen molar-refractivity contribution < 1.29 is 4.79 Å². The number of H-pyrrole nitrogens is 1. The second kappa shape index (κ2) is 8.26. The van der Waals surface area contributed by atoms with Gasteiger partial charge in [-0.25, -0.2) is 9.97 Å². The van der Waals surface area contributed by atoms with E-state index in [2.05, 4.69) is 26.3 Å². The van der Waals surface area contributed by atoms with E-state index in [1.807, 2.05) is 24.4 Å². The third kappa shape index (κ3) is 4.03. The largest absolute Gasteiger partial charge is 0.361 e. The fraction of sp³-hybridized carbons (Fsp3) is 0.273. The van der Waals surface area contributed by atoms with Gasteiger partial charge in [-0.05, 0) is 43.5 Å². The molecule has 7 heteroatoms. The van der Waals surface area contributed by atoms with Gasteiger partial charge < -0.3 is 10.3 Å². The first-order valence-electron chi connectivity index (χ1n) is 9.77. The Bertz CT molecular complexity index is 1220. The molecule has 0 bridgehead atoms. The van der Waals surface area contributed by atoms with Crippen LogP contribution in [0.15, 0.2) is 53.6 Å². The molecule has 0 aliphatic rings. The Morgan fingerprint density at radius 2 is 2.00 bits per heavy atom. The number of aryl methyl sites for hydroxylation is 2. The highest BCUT2D eigenvalue weighted by Crippen LogP contribution is 2.19. The molecule has 29 heavy (non-hydrogen) atoms. The van der Waals surface area contributed by atoms with Crippen LogP contribution in [-0.4, -0.2) is 32.0 Å². The number of amides is 1. The van der Waals surface area contributed by atoms with Crippen LogP contribution in [0.5, 0.6) is 0 Å². The van der Waals surface area contributed by atoms with Crippen LogP contribution in [0, 0.1) is 6.92 Å². The highest BCUT2D eigenvalue weighted by Gasteiger charge is 2.09. The summed E-state index contributed by atoms with van der Waals surface area (Å²) in [5, 5.41) is 4.60. The lowest BCUT2D eigenvalue weighted by atomic mass is 10.1. The summed E-state index contributed by atoms with van der Waals surface area (Å²) in [4.78, 5) is 36.5. The van der Waals surface area contributed by atoms with Crippen LogP contribution in [0.4, 0.5) is 0 Å². The Morgan fingerprint density at radius 1 is 1.17 bits per heavy atom. The van der Waals surface area contributed by atoms with Crippen molar-refractivity contribution in [3.05, 3.63) is 70.5 Å². The topological polar surface area (TPSA) is 92.7 Å². The molecule has 148 valence electrons. The van der Waals surface area contributed by atoms with Crippen molar-refractivity contribution in [3.63, 3.8) is 0 Å². The zero-order valence-electron chi connectivity index (χ0n) is 16.3. The van der Waals surface area contributed by atoms with Gasteiger partial charge in [0.15, 0.2) is 5.65 Å². The number of para-hydroxylation sites is 1. The maximum absolute atomic E-state index is 12.6. The molecule has 0 atom stereocenters. The van der Waals surface area contributed by atoms with Gasteiger partial charge in [-0.1, -0.05) is 18.2 Å². The lowest BCUT2D eigenvalue weighted by Gasteiger charge is -2.11. The molecular formula is C22H23N5O2. The van der Waals surface area contributed by atoms with Crippen molar-refractivity contribution in [2.75, 3.05) is 6.54 Å². The van der Waals surface area contributed by atoms with Gasteiger partial charge >= 0.3 is 0 Å². The van der Waals surface area contributed by atoms with Crippen molar-refractivity contribution in [1.82, 2.24) is 24.8 Å². The predicted octanol–water partition coefficient (Wildman–Crippen LogP) is 2.72. The molecule has 1 amide bonds. The maximum Gasteiger partial charge on any atom is 0.263 e. The van der Waals surface area contributed by atoms with E-state index in [4.69, 9.17) is 0 Å². The van der Waals surface area contributed by atoms with Gasteiger partial charge in [0, 0.05) is 42.8 Å². The molecular weight excluding hydrogens is 366 g/mol. The minimum atomic E-state index is -0.130. The van der Waals surface area contributed by atoms with Crippen molar-refractivity contribution in [2.24, 2.45) is 0 Å². The number of carbonyl (C=O) groups is 1. The lowest BCUT2D eigenvalue weighted by Crippen LogP contribution is -2.32. The number of hydrogen-bond acceptors (Lipinski definition) is 4. The molecule has 0 saturated carbocycles. The molecule has 3 aromatic heterocycles. The van der Waals surface area contributed by atoms with Crippen LogP contribution in [0.3, 0.4) is 0 Å². The number of benzene rings is 1. The second-order valence-corrected chi connectivity index (χ2v) is 7.05. The molecule has 0 aliphatic carbocycles. The summed E-state index contributed by atoms with van der Waals surface area (Å²) in [6, 6.07) is 11.6. The second-order valence-electron chi connectivity index (χ2n) is 7.05. The number of hydrogen-bond donors (Lipinski definition) is 2. The summed E-state index contributed by atoms with van der Waals surface area (Å²) in [5.41, 5.74) is 2.67. The lowest BCUT2D eigenvalue weighted by molar-refractivity contribution is -0.121. The molecule has 0 aliphatic heterocycles. The molecule has 0 saturated heterocycles. The number of aromatic nitrogens is 4. The van der Waals surface area contributed by atoms with E-state index in [0.717, 1.165) is 18.4 Å². The Morgan fingerprint density at radius 3 is 2.90 bits per heavy atom. The number of carbonyl (C=O) groups excluding carboxylic acids is 1. The molecule has 0 fully saturated rings. The standard InChI is InChI=1S/C22H23N5O2/c1-15-26-21-18(8-5-11-24-21)22(29)27(15)13-12-23-20(28)10-4-6-16-14-25-19-9-3-2-7-17(16)19/h2-3,5,7-9,11,14,25H,4,6,10,12-13H2,1H3,(H,23,28). The number of nitrogens with one attached hydrogen (secondary N) is 2. The van der Waals surface area contributed by atoms with Gasteiger partial charge in [-0.15, -0.1) is 0 Å².